The Kier molecular flexibility index (Phi) is 7.56. The first-order valence-electron chi connectivity index (χ1n) is 12.6. The Morgan fingerprint density at radius 2 is 1.89 bits per heavy atom. The average molecular weight is 522 g/mol. The number of carbonyl (C=O) groups excluding carboxylic acids is 3. The number of nitrogens with one attached hydrogen (secondary N) is 1. The molecule has 3 heterocycles. The molecular formula is C27H35N7O4. The highest BCUT2D eigenvalue weighted by Crippen LogP contribution is 2.30. The van der Waals surface area contributed by atoms with Crippen molar-refractivity contribution < 1.29 is 19.1 Å². The summed E-state index contributed by atoms with van der Waals surface area (Å²) in [6.45, 7) is 6.54. The number of likely N-dealkylation sites (tertiary alicyclic amines) is 1. The number of aromatic nitrogens is 3. The molecule has 11 nitrogen and oxygen atoms in total. The monoisotopic (exact) mass is 521 g/mol. The summed E-state index contributed by atoms with van der Waals surface area (Å²) in [5, 5.41) is 2.87. The van der Waals surface area contributed by atoms with Crippen molar-refractivity contribution in [3.8, 4) is 0 Å². The second-order valence-corrected chi connectivity index (χ2v) is 10.7. The maximum absolute atomic E-state index is 13.3. The van der Waals surface area contributed by atoms with Gasteiger partial charge in [-0.25, -0.2) is 14.8 Å². The fraction of sp³-hybridized carbons (Fsp3) is 0.444. The molecule has 0 spiro atoms. The lowest BCUT2D eigenvalue weighted by molar-refractivity contribution is -0.127. The van der Waals surface area contributed by atoms with E-state index in [-0.39, 0.29) is 35.9 Å². The number of hydrogen-bond donors (Lipinski definition) is 2. The number of imidazole rings is 1. The zero-order valence-electron chi connectivity index (χ0n) is 22.5. The van der Waals surface area contributed by atoms with Crippen molar-refractivity contribution >= 4 is 34.9 Å². The van der Waals surface area contributed by atoms with Crippen LogP contribution in [0.25, 0.3) is 5.52 Å². The molecule has 1 fully saturated rings. The summed E-state index contributed by atoms with van der Waals surface area (Å²) < 4.78 is 7.35. The molecule has 0 radical (unpaired) electrons. The lowest BCUT2D eigenvalue weighted by Gasteiger charge is -2.33. The molecule has 3 N–H and O–H groups in total. The third-order valence-corrected chi connectivity index (χ3v) is 6.33. The van der Waals surface area contributed by atoms with Gasteiger partial charge in [-0.3, -0.25) is 14.0 Å². The summed E-state index contributed by atoms with van der Waals surface area (Å²) in [5.74, 6) is 0.291. The summed E-state index contributed by atoms with van der Waals surface area (Å²) in [4.78, 5) is 50.1. The van der Waals surface area contributed by atoms with Crippen LogP contribution in [0.1, 0.15) is 61.4 Å². The molecule has 202 valence electrons. The topological polar surface area (TPSA) is 135 Å². The SMILES string of the molecule is CN(C)C(=O)Cc1ccc(NC(=O)c2nc([C@@H]3CCCN(C(=O)OC(C)(C)C)C3)n3ccnc(N)c23)cc1. The van der Waals surface area contributed by atoms with E-state index in [2.05, 4.69) is 10.3 Å². The standard InChI is InChI=1S/C27H35N7O4/c1-27(2,3)38-26(37)33-13-6-7-18(16-33)24-31-21(22-23(28)29-12-14-34(22)24)25(36)30-19-10-8-17(9-11-19)15-20(35)32(4)5/h8-12,14,18H,6-7,13,15-16H2,1-5H3,(H2,28,29)(H,30,36)/t18-/m1/s1. The van der Waals surface area contributed by atoms with Crippen molar-refractivity contribution in [3.63, 3.8) is 0 Å². The minimum absolute atomic E-state index is 0.00489. The van der Waals surface area contributed by atoms with Crippen molar-refractivity contribution in [3.05, 3.63) is 53.7 Å². The number of amides is 3. The van der Waals surface area contributed by atoms with E-state index in [0.29, 0.717) is 30.1 Å². The van der Waals surface area contributed by atoms with E-state index in [9.17, 15) is 14.4 Å². The summed E-state index contributed by atoms with van der Waals surface area (Å²) in [5.41, 5.74) is 7.59. The van der Waals surface area contributed by atoms with Gasteiger partial charge in [0.25, 0.3) is 5.91 Å². The van der Waals surface area contributed by atoms with Crippen LogP contribution in [0, 0.1) is 0 Å². The first kappa shape index (κ1) is 26.9. The fourth-order valence-corrected chi connectivity index (χ4v) is 4.44. The molecule has 4 rings (SSSR count). The highest BCUT2D eigenvalue weighted by atomic mass is 16.6. The van der Waals surface area contributed by atoms with E-state index >= 15 is 0 Å². The zero-order chi connectivity index (χ0) is 27.6. The van der Waals surface area contributed by atoms with Crippen LogP contribution in [-0.4, -0.2) is 74.9 Å². The molecule has 0 unspecified atom stereocenters. The molecule has 0 aliphatic carbocycles. The van der Waals surface area contributed by atoms with Gasteiger partial charge in [0.15, 0.2) is 5.69 Å². The molecule has 3 amide bonds. The first-order valence-corrected chi connectivity index (χ1v) is 12.6. The van der Waals surface area contributed by atoms with Crippen molar-refractivity contribution in [2.75, 3.05) is 38.2 Å². The molecule has 3 aromatic rings. The number of nitrogen functional groups attached to an aromatic ring is 1. The van der Waals surface area contributed by atoms with E-state index in [1.165, 1.54) is 4.90 Å². The molecular weight excluding hydrogens is 486 g/mol. The van der Waals surface area contributed by atoms with E-state index < -0.39 is 11.5 Å². The predicted octanol–water partition coefficient (Wildman–Crippen LogP) is 3.31. The van der Waals surface area contributed by atoms with Crippen molar-refractivity contribution in [1.82, 2.24) is 24.2 Å². The Bertz CT molecular complexity index is 1340. The maximum atomic E-state index is 13.3. The van der Waals surface area contributed by atoms with Gasteiger partial charge in [-0.1, -0.05) is 12.1 Å². The van der Waals surface area contributed by atoms with Gasteiger partial charge in [-0.2, -0.15) is 0 Å². The van der Waals surface area contributed by atoms with Gasteiger partial charge in [-0.15, -0.1) is 0 Å². The third kappa shape index (κ3) is 6.04. The Labute approximate surface area is 222 Å². The van der Waals surface area contributed by atoms with E-state index in [1.807, 2.05) is 20.8 Å². The minimum Gasteiger partial charge on any atom is -0.444 e. The highest BCUT2D eigenvalue weighted by Gasteiger charge is 2.32. The zero-order valence-corrected chi connectivity index (χ0v) is 22.5. The number of nitrogens with two attached hydrogens (primary N) is 1. The molecule has 0 bridgehead atoms. The van der Waals surface area contributed by atoms with Gasteiger partial charge >= 0.3 is 6.09 Å². The summed E-state index contributed by atoms with van der Waals surface area (Å²) in [6, 6.07) is 7.10. The second-order valence-electron chi connectivity index (χ2n) is 10.7. The first-order chi connectivity index (χ1) is 17.9. The van der Waals surface area contributed by atoms with Crippen LogP contribution < -0.4 is 11.1 Å². The summed E-state index contributed by atoms with van der Waals surface area (Å²) in [6.07, 6.45) is 4.79. The molecule has 38 heavy (non-hydrogen) atoms. The van der Waals surface area contributed by atoms with Crippen LogP contribution in [0.5, 0.6) is 0 Å². The predicted molar refractivity (Wildman–Crippen MR) is 144 cm³/mol. The van der Waals surface area contributed by atoms with Crippen LogP contribution in [0.3, 0.4) is 0 Å². The van der Waals surface area contributed by atoms with Crippen molar-refractivity contribution in [1.29, 1.82) is 0 Å². The molecule has 1 saturated heterocycles. The molecule has 1 aliphatic heterocycles. The van der Waals surface area contributed by atoms with Crippen molar-refractivity contribution in [2.45, 2.75) is 51.6 Å². The van der Waals surface area contributed by atoms with Crippen LogP contribution in [-0.2, 0) is 16.0 Å². The Balaban J connectivity index is 1.57. The van der Waals surface area contributed by atoms with Crippen LogP contribution >= 0.6 is 0 Å². The van der Waals surface area contributed by atoms with Gasteiger partial charge < -0.3 is 25.6 Å². The largest absolute Gasteiger partial charge is 0.444 e. The van der Waals surface area contributed by atoms with E-state index in [0.717, 1.165) is 18.4 Å². The van der Waals surface area contributed by atoms with Crippen LogP contribution in [0.15, 0.2) is 36.7 Å². The summed E-state index contributed by atoms with van der Waals surface area (Å²) >= 11 is 0. The highest BCUT2D eigenvalue weighted by molar-refractivity contribution is 6.09. The molecule has 1 atom stereocenters. The lowest BCUT2D eigenvalue weighted by Crippen LogP contribution is -2.42. The quantitative estimate of drug-likeness (QED) is 0.526. The third-order valence-electron chi connectivity index (χ3n) is 6.33. The number of hydrogen-bond acceptors (Lipinski definition) is 7. The number of likely N-dealkylation sites (N-methyl/N-ethyl adjacent to an activating group) is 1. The normalized spacial score (nSPS) is 15.8. The summed E-state index contributed by atoms with van der Waals surface area (Å²) in [7, 11) is 3.42. The number of anilines is 2. The van der Waals surface area contributed by atoms with Crippen molar-refractivity contribution in [2.24, 2.45) is 0 Å². The Hall–Kier alpha value is -4.15. The minimum atomic E-state index is -0.588. The van der Waals surface area contributed by atoms with Gasteiger partial charge in [0.1, 0.15) is 22.8 Å². The van der Waals surface area contributed by atoms with Gasteiger partial charge in [0, 0.05) is 51.2 Å². The number of nitrogens with zero attached hydrogens (tertiary/aromatic N) is 5. The number of ether oxygens (including phenoxy) is 1. The van der Waals surface area contributed by atoms with Crippen LogP contribution in [0.4, 0.5) is 16.3 Å². The Morgan fingerprint density at radius 3 is 2.55 bits per heavy atom. The molecule has 1 aliphatic rings. The molecule has 0 saturated carbocycles. The molecule has 1 aromatic carbocycles. The van der Waals surface area contributed by atoms with Gasteiger partial charge in [-0.05, 0) is 51.3 Å². The Morgan fingerprint density at radius 1 is 1.18 bits per heavy atom. The lowest BCUT2D eigenvalue weighted by atomic mass is 9.97. The van der Waals surface area contributed by atoms with Gasteiger partial charge in [0.2, 0.25) is 5.91 Å². The van der Waals surface area contributed by atoms with Crippen LogP contribution in [0.2, 0.25) is 0 Å². The number of benzene rings is 1. The second kappa shape index (κ2) is 10.7. The average Bonchev–Trinajstić information content (AvgIpc) is 3.25. The smallest absolute Gasteiger partial charge is 0.410 e. The number of piperidine rings is 1. The number of rotatable bonds is 5. The maximum Gasteiger partial charge on any atom is 0.410 e. The number of fused-ring (bicyclic) bond motifs is 1. The molecule has 11 heteroatoms. The van der Waals surface area contributed by atoms with E-state index in [4.69, 9.17) is 15.5 Å². The van der Waals surface area contributed by atoms with E-state index in [1.54, 1.807) is 60.1 Å². The fourth-order valence-electron chi connectivity index (χ4n) is 4.44. The van der Waals surface area contributed by atoms with Gasteiger partial charge in [0.05, 0.1) is 6.42 Å². The molecule has 2 aromatic heterocycles. The number of carbonyl (C=O) groups is 3.